The zero-order valence-electron chi connectivity index (χ0n) is 14.7. The lowest BCUT2D eigenvalue weighted by molar-refractivity contribution is -0.119. The van der Waals surface area contributed by atoms with E-state index in [-0.39, 0.29) is 11.7 Å². The second kappa shape index (κ2) is 6.51. The summed E-state index contributed by atoms with van der Waals surface area (Å²) in [4.78, 5) is 26.4. The number of ether oxygens (including phenoxy) is 1. The summed E-state index contributed by atoms with van der Waals surface area (Å²) in [6.45, 7) is 1.66. The van der Waals surface area contributed by atoms with Gasteiger partial charge in [0.1, 0.15) is 20.5 Å². The Morgan fingerprint density at radius 2 is 1.78 bits per heavy atom. The number of Topliss-reactive ketones (excluding diaryl/α,β-unsaturated/α-hetero) is 1. The molecule has 27 heavy (non-hydrogen) atoms. The predicted molar refractivity (Wildman–Crippen MR) is 108 cm³/mol. The van der Waals surface area contributed by atoms with Crippen LogP contribution in [0.3, 0.4) is 0 Å². The molecule has 0 bridgehead atoms. The molecule has 1 aliphatic heterocycles. The van der Waals surface area contributed by atoms with Crippen molar-refractivity contribution in [3.63, 3.8) is 0 Å². The summed E-state index contributed by atoms with van der Waals surface area (Å²) in [6.07, 6.45) is 0. The summed E-state index contributed by atoms with van der Waals surface area (Å²) in [6, 6.07) is 16.5. The number of carbonyl (C=O) groups excluding carboxylic acids is 2. The number of carbonyl (C=O) groups is 2. The van der Waals surface area contributed by atoms with Crippen molar-refractivity contribution >= 4 is 39.6 Å². The van der Waals surface area contributed by atoms with Gasteiger partial charge in [-0.2, -0.15) is 0 Å². The Bertz CT molecular complexity index is 1060. The van der Waals surface area contributed by atoms with E-state index in [1.807, 2.05) is 42.5 Å². The summed E-state index contributed by atoms with van der Waals surface area (Å²) >= 11 is 7.69. The molecule has 0 aliphatic carbocycles. The molecule has 4 nitrogen and oxygen atoms in total. The van der Waals surface area contributed by atoms with Gasteiger partial charge in [0.25, 0.3) is 0 Å². The van der Waals surface area contributed by atoms with Crippen LogP contribution in [0.4, 0.5) is 5.00 Å². The van der Waals surface area contributed by atoms with Crippen LogP contribution in [0.5, 0.6) is 5.75 Å². The lowest BCUT2D eigenvalue weighted by Crippen LogP contribution is -2.48. The lowest BCUT2D eigenvalue weighted by atomic mass is 9.73. The molecule has 1 N–H and O–H groups in total. The summed E-state index contributed by atoms with van der Waals surface area (Å²) in [7, 11) is 1.58. The van der Waals surface area contributed by atoms with Gasteiger partial charge in [-0.3, -0.25) is 9.59 Å². The number of hydrogen-bond acceptors (Lipinski definition) is 4. The van der Waals surface area contributed by atoms with Crippen LogP contribution < -0.4 is 10.1 Å². The molecule has 0 saturated carbocycles. The van der Waals surface area contributed by atoms with Crippen LogP contribution in [0.25, 0.3) is 11.1 Å². The van der Waals surface area contributed by atoms with Gasteiger partial charge in [-0.05, 0) is 30.2 Å². The molecule has 2 aromatic carbocycles. The first-order valence-corrected chi connectivity index (χ1v) is 9.54. The zero-order chi connectivity index (χ0) is 19.2. The minimum absolute atomic E-state index is 0.256. The number of methoxy groups -OCH3 is 1. The normalized spacial score (nSPS) is 18.8. The quantitative estimate of drug-likeness (QED) is 0.620. The fourth-order valence-electron chi connectivity index (χ4n) is 3.36. The van der Waals surface area contributed by atoms with Crippen molar-refractivity contribution in [2.75, 3.05) is 12.4 Å². The zero-order valence-corrected chi connectivity index (χ0v) is 16.3. The van der Waals surface area contributed by atoms with E-state index in [0.29, 0.717) is 31.8 Å². The van der Waals surface area contributed by atoms with Crippen molar-refractivity contribution in [1.82, 2.24) is 0 Å². The van der Waals surface area contributed by atoms with Gasteiger partial charge in [-0.1, -0.05) is 54.1 Å². The second-order valence-electron chi connectivity index (χ2n) is 6.46. The van der Waals surface area contributed by atoms with Crippen LogP contribution in [0.15, 0.2) is 54.6 Å². The average molecular weight is 398 g/mol. The molecule has 0 radical (unpaired) electrons. The molecule has 136 valence electrons. The molecule has 1 aromatic heterocycles. The van der Waals surface area contributed by atoms with Crippen LogP contribution in [-0.4, -0.2) is 18.8 Å². The Hall–Kier alpha value is -2.63. The molecule has 0 fully saturated rings. The van der Waals surface area contributed by atoms with E-state index in [2.05, 4.69) is 5.32 Å². The minimum atomic E-state index is -1.31. The van der Waals surface area contributed by atoms with Gasteiger partial charge >= 0.3 is 0 Å². The van der Waals surface area contributed by atoms with Crippen molar-refractivity contribution in [3.8, 4) is 16.9 Å². The number of fused-ring (bicyclic) bond motifs is 1. The molecule has 2 heterocycles. The molecule has 1 aliphatic rings. The molecule has 1 unspecified atom stereocenters. The predicted octanol–water partition coefficient (Wildman–Crippen LogP) is 5.17. The minimum Gasteiger partial charge on any atom is -0.497 e. The van der Waals surface area contributed by atoms with E-state index in [0.717, 1.165) is 5.56 Å². The fourth-order valence-corrected chi connectivity index (χ4v) is 4.74. The molecule has 1 amide bonds. The number of rotatable bonds is 3. The summed E-state index contributed by atoms with van der Waals surface area (Å²) < 4.78 is 5.75. The maximum absolute atomic E-state index is 13.6. The topological polar surface area (TPSA) is 55.4 Å². The summed E-state index contributed by atoms with van der Waals surface area (Å²) in [5, 5.41) is 3.37. The van der Waals surface area contributed by atoms with E-state index in [9.17, 15) is 9.59 Å². The molecular formula is C21H16ClNO3S. The molecule has 4 rings (SSSR count). The van der Waals surface area contributed by atoms with Crippen molar-refractivity contribution in [2.24, 2.45) is 0 Å². The number of amides is 1. The number of nitrogens with one attached hydrogen (secondary N) is 1. The van der Waals surface area contributed by atoms with Gasteiger partial charge in [-0.25, -0.2) is 0 Å². The van der Waals surface area contributed by atoms with Gasteiger partial charge in [0.05, 0.1) is 12.7 Å². The van der Waals surface area contributed by atoms with Crippen molar-refractivity contribution in [1.29, 1.82) is 0 Å². The van der Waals surface area contributed by atoms with Gasteiger partial charge in [0, 0.05) is 5.56 Å². The SMILES string of the molecule is COc1cccc(-c2c(Cl)sc3c2C(=O)C(C)(c2ccccc2)C(=O)N3)c1. The third-order valence-electron chi connectivity index (χ3n) is 4.94. The van der Waals surface area contributed by atoms with E-state index in [1.165, 1.54) is 11.3 Å². The molecule has 1 atom stereocenters. The highest BCUT2D eigenvalue weighted by molar-refractivity contribution is 7.21. The summed E-state index contributed by atoms with van der Waals surface area (Å²) in [5.74, 6) is 0.0661. The third-order valence-corrected chi connectivity index (χ3v) is 6.25. The van der Waals surface area contributed by atoms with Crippen molar-refractivity contribution < 1.29 is 14.3 Å². The maximum Gasteiger partial charge on any atom is 0.243 e. The number of hydrogen-bond donors (Lipinski definition) is 1. The number of anilines is 1. The number of thiophene rings is 1. The Morgan fingerprint density at radius 3 is 2.48 bits per heavy atom. The van der Waals surface area contributed by atoms with Gasteiger partial charge < -0.3 is 10.1 Å². The van der Waals surface area contributed by atoms with Crippen LogP contribution in [0.1, 0.15) is 22.8 Å². The van der Waals surface area contributed by atoms with Crippen molar-refractivity contribution in [3.05, 3.63) is 70.1 Å². The van der Waals surface area contributed by atoms with Crippen molar-refractivity contribution in [2.45, 2.75) is 12.3 Å². The number of halogens is 1. The first-order chi connectivity index (χ1) is 13.0. The highest BCUT2D eigenvalue weighted by Crippen LogP contribution is 2.49. The maximum atomic E-state index is 13.6. The fraction of sp³-hybridized carbons (Fsp3) is 0.143. The summed E-state index contributed by atoms with van der Waals surface area (Å²) in [5.41, 5.74) is 1.19. The smallest absolute Gasteiger partial charge is 0.243 e. The van der Waals surface area contributed by atoms with E-state index >= 15 is 0 Å². The third kappa shape index (κ3) is 2.66. The number of ketones is 1. The standard InChI is InChI=1S/C21H16ClNO3S/c1-21(13-8-4-3-5-9-13)17(24)16-15(12-7-6-10-14(11-12)26-2)18(22)27-19(16)23-20(21)25/h3-11H,1-2H3,(H,23,25). The Balaban J connectivity index is 1.93. The van der Waals surface area contributed by atoms with E-state index in [1.54, 1.807) is 26.2 Å². The molecule has 0 saturated heterocycles. The Labute approximate surface area is 165 Å². The molecular weight excluding hydrogens is 382 g/mol. The first kappa shape index (κ1) is 17.8. The highest BCUT2D eigenvalue weighted by atomic mass is 35.5. The van der Waals surface area contributed by atoms with Gasteiger partial charge in [0.15, 0.2) is 5.78 Å². The van der Waals surface area contributed by atoms with E-state index in [4.69, 9.17) is 16.3 Å². The van der Waals surface area contributed by atoms with E-state index < -0.39 is 5.41 Å². The molecule has 3 aromatic rings. The lowest BCUT2D eigenvalue weighted by Gasteiger charge is -2.31. The second-order valence-corrected chi connectivity index (χ2v) is 8.08. The highest BCUT2D eigenvalue weighted by Gasteiger charge is 2.49. The first-order valence-electron chi connectivity index (χ1n) is 8.35. The van der Waals surface area contributed by atoms with Gasteiger partial charge in [-0.15, -0.1) is 11.3 Å². The Kier molecular flexibility index (Phi) is 4.29. The average Bonchev–Trinajstić information content (AvgIpc) is 3.02. The van der Waals surface area contributed by atoms with Crippen LogP contribution in [0, 0.1) is 0 Å². The largest absolute Gasteiger partial charge is 0.497 e. The Morgan fingerprint density at radius 1 is 1.04 bits per heavy atom. The number of benzene rings is 2. The monoisotopic (exact) mass is 397 g/mol. The molecule has 0 spiro atoms. The molecule has 6 heteroatoms. The van der Waals surface area contributed by atoms with Crippen LogP contribution in [0.2, 0.25) is 4.34 Å². The van der Waals surface area contributed by atoms with Crippen LogP contribution in [-0.2, 0) is 10.2 Å². The van der Waals surface area contributed by atoms with Gasteiger partial charge in [0.2, 0.25) is 5.91 Å². The van der Waals surface area contributed by atoms with Crippen LogP contribution >= 0.6 is 22.9 Å².